The predicted molar refractivity (Wildman–Crippen MR) is 46.7 cm³/mol. The summed E-state index contributed by atoms with van der Waals surface area (Å²) in [6.45, 7) is 1.95. The molecule has 1 atom stereocenters. The molecular weight excluding hydrogens is 312 g/mol. The zero-order chi connectivity index (χ0) is 7.44. The van der Waals surface area contributed by atoms with Crippen molar-refractivity contribution in [2.75, 3.05) is 0 Å². The van der Waals surface area contributed by atoms with Crippen LogP contribution >= 0.6 is 28.0 Å². The van der Waals surface area contributed by atoms with Gasteiger partial charge in [0.05, 0.1) is 0 Å². The minimum absolute atomic E-state index is 0.279. The molecule has 0 aromatic heterocycles. The van der Waals surface area contributed by atoms with E-state index in [4.69, 9.17) is 5.11 Å². The Hall–Kier alpha value is 0.973. The Bertz CT molecular complexity index is 107. The van der Waals surface area contributed by atoms with Gasteiger partial charge >= 0.3 is 72.6 Å². The number of carboxylic acids is 1. The van der Waals surface area contributed by atoms with Crippen LogP contribution in [-0.2, 0) is 4.79 Å². The fourth-order valence-corrected chi connectivity index (χ4v) is 3.10. The molecule has 0 rings (SSSR count). The third-order valence-corrected chi connectivity index (χ3v) is 12.6. The second-order valence-corrected chi connectivity index (χ2v) is 22.3. The number of carboxylic acid groups (broad SMARTS) is 1. The minimum atomic E-state index is -1.49. The van der Waals surface area contributed by atoms with Crippen molar-refractivity contribution in [3.05, 3.63) is 0 Å². The van der Waals surface area contributed by atoms with Crippen molar-refractivity contribution in [3.8, 4) is 0 Å². The average Bonchev–Trinajstić information content (AvgIpc) is 1.63. The van der Waals surface area contributed by atoms with E-state index in [1.807, 2.05) is 6.92 Å². The summed E-state index contributed by atoms with van der Waals surface area (Å²) in [5.41, 5.74) is 0. The number of rotatable bonds is 3. The van der Waals surface area contributed by atoms with E-state index in [0.717, 1.165) is 0 Å². The van der Waals surface area contributed by atoms with Crippen molar-refractivity contribution < 1.29 is 9.90 Å². The zero-order valence-electron chi connectivity index (χ0n) is 4.97. The van der Waals surface area contributed by atoms with Gasteiger partial charge in [-0.15, -0.1) is 0 Å². The normalized spacial score (nSPS) is 13.8. The molecule has 2 nitrogen and oxygen atoms in total. The van der Waals surface area contributed by atoms with Gasteiger partial charge in [0.15, 0.2) is 0 Å². The van der Waals surface area contributed by atoms with E-state index < -0.39 is 16.6 Å². The number of halogens is 2. The van der Waals surface area contributed by atoms with Crippen LogP contribution in [-0.4, -0.2) is 21.7 Å². The van der Waals surface area contributed by atoms with Gasteiger partial charge in [-0.3, -0.25) is 0 Å². The van der Waals surface area contributed by atoms with Crippen LogP contribution in [0.4, 0.5) is 0 Å². The first-order valence-electron chi connectivity index (χ1n) is 2.54. The Morgan fingerprint density at radius 1 is 1.78 bits per heavy atom. The van der Waals surface area contributed by atoms with E-state index in [0.29, 0.717) is 4.75 Å². The monoisotopic (exact) mass is 320 g/mol. The Kier molecular flexibility index (Phi) is 5.25. The summed E-state index contributed by atoms with van der Waals surface area (Å²) in [5.74, 6) is -0.711. The molecule has 0 spiro atoms. The Morgan fingerprint density at radius 2 is 2.22 bits per heavy atom. The summed E-state index contributed by atoms with van der Waals surface area (Å²) >= 11 is 6.82. The van der Waals surface area contributed by atoms with Gasteiger partial charge in [0.25, 0.3) is 0 Å². The average molecular weight is 321 g/mol. The van der Waals surface area contributed by atoms with Gasteiger partial charge in [0.1, 0.15) is 0 Å². The van der Waals surface area contributed by atoms with Crippen molar-refractivity contribution in [1.29, 1.82) is 0 Å². The molecule has 0 bridgehead atoms. The molecule has 0 fully saturated rings. The molecule has 9 heavy (non-hydrogen) atoms. The number of hydrogen-bond acceptors (Lipinski definition) is 1. The first-order chi connectivity index (χ1) is 4.04. The molecule has 0 saturated heterocycles. The summed E-state index contributed by atoms with van der Waals surface area (Å²) in [6, 6.07) is 0. The van der Waals surface area contributed by atoms with Gasteiger partial charge in [-0.2, -0.15) is 0 Å². The van der Waals surface area contributed by atoms with Crippen LogP contribution in [0.15, 0.2) is 0 Å². The molecular formula is C4H8Br2GeO2. The SMILES string of the molecule is C[CH](CC(=O)O)[GeH]([Br])[Br]. The fraction of sp³-hybridized carbons (Fsp3) is 0.750. The topological polar surface area (TPSA) is 37.3 Å². The molecule has 0 aromatic rings. The molecule has 1 N–H and O–H groups in total. The summed E-state index contributed by atoms with van der Waals surface area (Å²) in [4.78, 5) is 10.1. The molecule has 0 radical (unpaired) electrons. The summed E-state index contributed by atoms with van der Waals surface area (Å²) in [7, 11) is -1.49. The van der Waals surface area contributed by atoms with Gasteiger partial charge in [0, 0.05) is 0 Å². The molecule has 0 aliphatic carbocycles. The van der Waals surface area contributed by atoms with E-state index in [1.54, 1.807) is 0 Å². The van der Waals surface area contributed by atoms with Gasteiger partial charge < -0.3 is 0 Å². The van der Waals surface area contributed by atoms with Crippen LogP contribution in [0.5, 0.6) is 0 Å². The summed E-state index contributed by atoms with van der Waals surface area (Å²) in [5, 5.41) is 8.32. The summed E-state index contributed by atoms with van der Waals surface area (Å²) in [6.07, 6.45) is 0.279. The second-order valence-electron chi connectivity index (χ2n) is 1.91. The number of aliphatic carboxylic acids is 1. The molecule has 1 unspecified atom stereocenters. The van der Waals surface area contributed by atoms with Crippen LogP contribution in [0, 0.1) is 0 Å². The summed E-state index contributed by atoms with van der Waals surface area (Å²) < 4.78 is 0.315. The molecule has 0 heterocycles. The van der Waals surface area contributed by atoms with Gasteiger partial charge in [-0.1, -0.05) is 0 Å². The van der Waals surface area contributed by atoms with Crippen molar-refractivity contribution in [2.45, 2.75) is 18.1 Å². The maximum absolute atomic E-state index is 10.1. The Labute approximate surface area is 72.4 Å². The zero-order valence-corrected chi connectivity index (χ0v) is 10.6. The van der Waals surface area contributed by atoms with Crippen LogP contribution in [0.3, 0.4) is 0 Å². The number of hydrogen-bond donors (Lipinski definition) is 1. The first kappa shape index (κ1) is 9.97. The van der Waals surface area contributed by atoms with Crippen LogP contribution < -0.4 is 0 Å². The van der Waals surface area contributed by atoms with E-state index in [-0.39, 0.29) is 6.42 Å². The maximum atomic E-state index is 10.1. The molecule has 54 valence electrons. The Balaban J connectivity index is 3.50. The van der Waals surface area contributed by atoms with E-state index in [1.165, 1.54) is 0 Å². The quantitative estimate of drug-likeness (QED) is 0.806. The first-order valence-corrected chi connectivity index (χ1v) is 15.3. The Morgan fingerprint density at radius 3 is 2.33 bits per heavy atom. The molecule has 0 amide bonds. The standard InChI is InChI=1S/C4H8Br2GeO2/c1-3(7(5)6)2-4(8)9/h3,7H,2H2,1H3,(H,8,9). The molecule has 0 saturated carbocycles. The number of carbonyl (C=O) groups is 1. The third-order valence-electron chi connectivity index (χ3n) is 0.927. The molecule has 0 aliphatic heterocycles. The van der Waals surface area contributed by atoms with Crippen molar-refractivity contribution in [3.63, 3.8) is 0 Å². The van der Waals surface area contributed by atoms with E-state index >= 15 is 0 Å². The third kappa shape index (κ3) is 5.42. The molecule has 0 aliphatic rings. The second kappa shape index (κ2) is 4.74. The molecule has 0 aromatic carbocycles. The predicted octanol–water partition coefficient (Wildman–Crippen LogP) is 1.86. The van der Waals surface area contributed by atoms with Gasteiger partial charge in [0.2, 0.25) is 0 Å². The molecule has 5 heteroatoms. The van der Waals surface area contributed by atoms with Crippen LogP contribution in [0.1, 0.15) is 13.3 Å². The van der Waals surface area contributed by atoms with Crippen molar-refractivity contribution in [1.82, 2.24) is 0 Å². The van der Waals surface area contributed by atoms with E-state index in [9.17, 15) is 4.79 Å². The van der Waals surface area contributed by atoms with Gasteiger partial charge in [-0.25, -0.2) is 0 Å². The van der Waals surface area contributed by atoms with Crippen molar-refractivity contribution >= 4 is 44.6 Å². The van der Waals surface area contributed by atoms with Crippen molar-refractivity contribution in [2.24, 2.45) is 0 Å². The van der Waals surface area contributed by atoms with Crippen LogP contribution in [0.2, 0.25) is 4.75 Å². The fourth-order valence-electron chi connectivity index (χ4n) is 0.365. The van der Waals surface area contributed by atoms with Gasteiger partial charge in [-0.05, 0) is 0 Å². The van der Waals surface area contributed by atoms with Crippen LogP contribution in [0.25, 0.3) is 0 Å². The van der Waals surface area contributed by atoms with E-state index in [2.05, 4.69) is 28.0 Å².